The maximum Gasteiger partial charge on any atom is 0.402 e. The first-order valence-corrected chi connectivity index (χ1v) is 6.72. The zero-order chi connectivity index (χ0) is 14.7. The maximum absolute atomic E-state index is 12.3. The normalized spacial score (nSPS) is 12.4. The van der Waals surface area contributed by atoms with Crippen LogP contribution in [0.1, 0.15) is 12.5 Å². The largest absolute Gasteiger partial charge is 0.402 e. The van der Waals surface area contributed by atoms with Crippen LogP contribution in [-0.2, 0) is 10.0 Å². The minimum Gasteiger partial charge on any atom is -0.207 e. The van der Waals surface area contributed by atoms with Crippen LogP contribution >= 0.6 is 0 Å². The van der Waals surface area contributed by atoms with E-state index in [1.165, 1.54) is 19.1 Å². The molecule has 0 aliphatic heterocycles. The minimum absolute atomic E-state index is 0.234. The van der Waals surface area contributed by atoms with E-state index in [9.17, 15) is 21.6 Å². The molecule has 0 aliphatic carbocycles. The molecule has 4 nitrogen and oxygen atoms in total. The molecule has 0 radical (unpaired) electrons. The first-order chi connectivity index (χ1) is 8.70. The first kappa shape index (κ1) is 15.5. The van der Waals surface area contributed by atoms with E-state index in [-0.39, 0.29) is 17.0 Å². The molecule has 0 fully saturated rings. The summed E-state index contributed by atoms with van der Waals surface area (Å²) in [6, 6.07) is 6.52. The number of hydrogen-bond donors (Lipinski definition) is 0. The summed E-state index contributed by atoms with van der Waals surface area (Å²) in [6.45, 7) is -0.499. The van der Waals surface area contributed by atoms with E-state index in [1.54, 1.807) is 6.07 Å². The monoisotopic (exact) mass is 292 g/mol. The van der Waals surface area contributed by atoms with Gasteiger partial charge in [-0.05, 0) is 24.3 Å². The van der Waals surface area contributed by atoms with E-state index in [2.05, 4.69) is 0 Å². The zero-order valence-electron chi connectivity index (χ0n) is 9.98. The molecule has 0 bridgehead atoms. The average molecular weight is 292 g/mol. The van der Waals surface area contributed by atoms with Gasteiger partial charge in [-0.25, -0.2) is 8.42 Å². The van der Waals surface area contributed by atoms with Crippen molar-refractivity contribution in [3.05, 3.63) is 29.8 Å². The van der Waals surface area contributed by atoms with Crippen molar-refractivity contribution in [2.75, 3.05) is 13.1 Å². The van der Waals surface area contributed by atoms with Crippen LogP contribution in [0.5, 0.6) is 0 Å². The van der Waals surface area contributed by atoms with Crippen molar-refractivity contribution in [3.8, 4) is 6.07 Å². The summed E-state index contributed by atoms with van der Waals surface area (Å²) in [6.07, 6.45) is -4.60. The molecule has 1 aromatic rings. The second-order valence-electron chi connectivity index (χ2n) is 3.68. The van der Waals surface area contributed by atoms with Crippen LogP contribution in [0.3, 0.4) is 0 Å². The fraction of sp³-hybridized carbons (Fsp3) is 0.364. The lowest BCUT2D eigenvalue weighted by molar-refractivity contribution is -0.135. The Kier molecular flexibility index (Phi) is 4.55. The van der Waals surface area contributed by atoms with Crippen LogP contribution < -0.4 is 0 Å². The summed E-state index contributed by atoms with van der Waals surface area (Å²) in [7, 11) is -4.21. The lowest BCUT2D eigenvalue weighted by Gasteiger charge is -2.21. The molecule has 0 heterocycles. The highest BCUT2D eigenvalue weighted by atomic mass is 32.2. The molecule has 8 heteroatoms. The van der Waals surface area contributed by atoms with Crippen LogP contribution in [-0.4, -0.2) is 32.0 Å². The van der Waals surface area contributed by atoms with Crippen molar-refractivity contribution in [2.24, 2.45) is 0 Å². The molecular weight excluding hydrogens is 281 g/mol. The van der Waals surface area contributed by atoms with Gasteiger partial charge in [-0.3, -0.25) is 0 Å². The molecule has 0 spiro atoms. The smallest absolute Gasteiger partial charge is 0.207 e. The summed E-state index contributed by atoms with van der Waals surface area (Å²) in [5.41, 5.74) is 0.234. The Morgan fingerprint density at radius 3 is 2.16 bits per heavy atom. The second kappa shape index (κ2) is 5.59. The molecule has 1 rings (SSSR count). The lowest BCUT2D eigenvalue weighted by atomic mass is 10.2. The Hall–Kier alpha value is -1.59. The summed E-state index contributed by atoms with van der Waals surface area (Å²) in [5, 5.41) is 8.58. The number of sulfonamides is 1. The number of alkyl halides is 3. The lowest BCUT2D eigenvalue weighted by Crippen LogP contribution is -2.38. The van der Waals surface area contributed by atoms with Gasteiger partial charge in [0, 0.05) is 6.54 Å². The van der Waals surface area contributed by atoms with Gasteiger partial charge in [0.15, 0.2) is 0 Å². The highest BCUT2D eigenvalue weighted by Crippen LogP contribution is 2.22. The Balaban J connectivity index is 3.10. The average Bonchev–Trinajstić information content (AvgIpc) is 2.34. The molecule has 0 atom stereocenters. The third-order valence-corrected chi connectivity index (χ3v) is 4.26. The predicted molar refractivity (Wildman–Crippen MR) is 61.6 cm³/mol. The fourth-order valence-electron chi connectivity index (χ4n) is 1.42. The molecule has 0 saturated carbocycles. The van der Waals surface area contributed by atoms with E-state index >= 15 is 0 Å². The molecule has 0 aromatic heterocycles. The fourth-order valence-corrected chi connectivity index (χ4v) is 2.85. The van der Waals surface area contributed by atoms with E-state index in [0.29, 0.717) is 4.31 Å². The third-order valence-electron chi connectivity index (χ3n) is 2.33. The SMILES string of the molecule is CCN(CC(F)(F)F)S(=O)(=O)c1ccc(C#N)cc1. The Bertz CT molecular complexity index is 573. The topological polar surface area (TPSA) is 61.2 Å². The second-order valence-corrected chi connectivity index (χ2v) is 5.62. The number of nitrogens with zero attached hydrogens (tertiary/aromatic N) is 2. The van der Waals surface area contributed by atoms with E-state index in [4.69, 9.17) is 5.26 Å². The first-order valence-electron chi connectivity index (χ1n) is 5.28. The van der Waals surface area contributed by atoms with Crippen LogP contribution in [0.2, 0.25) is 0 Å². The van der Waals surface area contributed by atoms with Crippen molar-refractivity contribution >= 4 is 10.0 Å². The molecule has 104 valence electrons. The number of hydrogen-bond acceptors (Lipinski definition) is 3. The number of benzene rings is 1. The molecule has 19 heavy (non-hydrogen) atoms. The van der Waals surface area contributed by atoms with Gasteiger partial charge in [-0.15, -0.1) is 0 Å². The van der Waals surface area contributed by atoms with Gasteiger partial charge < -0.3 is 0 Å². The highest BCUT2D eigenvalue weighted by Gasteiger charge is 2.36. The third kappa shape index (κ3) is 3.94. The van der Waals surface area contributed by atoms with Crippen molar-refractivity contribution in [2.45, 2.75) is 18.0 Å². The molecule has 0 amide bonds. The van der Waals surface area contributed by atoms with Crippen LogP contribution in [0.4, 0.5) is 13.2 Å². The van der Waals surface area contributed by atoms with Crippen molar-refractivity contribution in [1.29, 1.82) is 5.26 Å². The molecule has 0 unspecified atom stereocenters. The van der Waals surface area contributed by atoms with Gasteiger partial charge in [-0.1, -0.05) is 6.92 Å². The summed E-state index contributed by atoms with van der Waals surface area (Å²) in [4.78, 5) is -0.266. The zero-order valence-corrected chi connectivity index (χ0v) is 10.8. The van der Waals surface area contributed by atoms with Crippen LogP contribution in [0.15, 0.2) is 29.2 Å². The van der Waals surface area contributed by atoms with Crippen LogP contribution in [0.25, 0.3) is 0 Å². The van der Waals surface area contributed by atoms with Crippen LogP contribution in [0, 0.1) is 11.3 Å². The molecule has 0 saturated heterocycles. The molecule has 0 N–H and O–H groups in total. The standard InChI is InChI=1S/C11H11F3N2O2S/c1-2-16(8-11(12,13)14)19(17,18)10-5-3-9(7-15)4-6-10/h3-6H,2,8H2,1H3. The number of rotatable bonds is 4. The maximum atomic E-state index is 12.3. The van der Waals surface area contributed by atoms with Crippen molar-refractivity contribution in [1.82, 2.24) is 4.31 Å². The van der Waals surface area contributed by atoms with Gasteiger partial charge in [-0.2, -0.15) is 22.7 Å². The van der Waals surface area contributed by atoms with Gasteiger partial charge in [0.2, 0.25) is 10.0 Å². The Morgan fingerprint density at radius 1 is 1.26 bits per heavy atom. The summed E-state index contributed by atoms with van der Waals surface area (Å²) in [5.74, 6) is 0. The number of nitriles is 1. The summed E-state index contributed by atoms with van der Waals surface area (Å²) < 4.78 is 61.2. The van der Waals surface area contributed by atoms with Gasteiger partial charge in [0.05, 0.1) is 16.5 Å². The van der Waals surface area contributed by atoms with Crippen molar-refractivity contribution in [3.63, 3.8) is 0 Å². The molecular formula is C11H11F3N2O2S. The highest BCUT2D eigenvalue weighted by molar-refractivity contribution is 7.89. The molecule has 1 aromatic carbocycles. The summed E-state index contributed by atoms with van der Waals surface area (Å²) >= 11 is 0. The Morgan fingerprint density at radius 2 is 1.79 bits per heavy atom. The van der Waals surface area contributed by atoms with Crippen molar-refractivity contribution < 1.29 is 21.6 Å². The van der Waals surface area contributed by atoms with Gasteiger partial charge in [0.1, 0.15) is 6.54 Å². The van der Waals surface area contributed by atoms with E-state index in [0.717, 1.165) is 12.1 Å². The van der Waals surface area contributed by atoms with Gasteiger partial charge in [0.25, 0.3) is 0 Å². The number of halogens is 3. The minimum atomic E-state index is -4.60. The van der Waals surface area contributed by atoms with E-state index < -0.39 is 22.7 Å². The molecule has 0 aliphatic rings. The Labute approximate surface area is 109 Å². The van der Waals surface area contributed by atoms with E-state index in [1.807, 2.05) is 0 Å². The van der Waals surface area contributed by atoms with Gasteiger partial charge >= 0.3 is 6.18 Å². The predicted octanol–water partition coefficient (Wildman–Crippen LogP) is 2.13. The quantitative estimate of drug-likeness (QED) is 0.854.